The fourth-order valence-corrected chi connectivity index (χ4v) is 0. The largest absolute Gasteiger partial charge is 0.481 e. The zero-order valence-electron chi connectivity index (χ0n) is 15.1. The van der Waals surface area contributed by atoms with E-state index in [1.807, 2.05) is 13.8 Å². The van der Waals surface area contributed by atoms with Gasteiger partial charge in [0.25, 0.3) is 12.4 Å². The molecule has 0 saturated carbocycles. The van der Waals surface area contributed by atoms with E-state index in [2.05, 4.69) is 16.2 Å². The van der Waals surface area contributed by atoms with E-state index in [0.29, 0.717) is 19.3 Å². The van der Waals surface area contributed by atoms with E-state index >= 15 is 0 Å². The van der Waals surface area contributed by atoms with E-state index in [4.69, 9.17) is 14.7 Å². The van der Waals surface area contributed by atoms with E-state index in [-0.39, 0.29) is 11.6 Å². The second-order valence-corrected chi connectivity index (χ2v) is 2.96. The third-order valence-corrected chi connectivity index (χ3v) is 1.09. The summed E-state index contributed by atoms with van der Waals surface area (Å²) >= 11 is 0. The molecule has 136 valence electrons. The van der Waals surface area contributed by atoms with E-state index in [0.717, 1.165) is 6.92 Å². The molecule has 0 amide bonds. The average molecular weight is 326 g/mol. The molecule has 0 rings (SSSR count). The van der Waals surface area contributed by atoms with Gasteiger partial charge in [0.2, 0.25) is 0 Å². The first-order valence-corrected chi connectivity index (χ1v) is 6.49. The zero-order valence-corrected chi connectivity index (χ0v) is 15.1. The van der Waals surface area contributed by atoms with E-state index in [1.165, 1.54) is 21.2 Å². The highest BCUT2D eigenvalue weighted by atomic mass is 16.5. The minimum absolute atomic E-state index is 0.255. The lowest BCUT2D eigenvalue weighted by atomic mass is 10.4. The van der Waals surface area contributed by atoms with Crippen LogP contribution in [0.25, 0.3) is 0 Å². The van der Waals surface area contributed by atoms with Crippen LogP contribution in [0, 0.1) is 0 Å². The van der Waals surface area contributed by atoms with Gasteiger partial charge in [-0.15, -0.1) is 0 Å². The lowest BCUT2D eigenvalue weighted by molar-refractivity contribution is -0.134. The van der Waals surface area contributed by atoms with Crippen LogP contribution in [0.1, 0.15) is 47.5 Å². The molecule has 0 radical (unpaired) electrons. The maximum absolute atomic E-state index is 9.81. The van der Waals surface area contributed by atoms with Crippen LogP contribution in [-0.2, 0) is 23.9 Å². The first-order valence-electron chi connectivity index (χ1n) is 6.49. The summed E-state index contributed by atoms with van der Waals surface area (Å²) in [6.07, 6.45) is 1.33. The van der Waals surface area contributed by atoms with Crippen molar-refractivity contribution in [3.63, 3.8) is 0 Å². The Morgan fingerprint density at radius 2 is 1.00 bits per heavy atom. The highest BCUT2D eigenvalue weighted by Gasteiger charge is 1.77. The Hall–Kier alpha value is -1.80. The molecule has 0 fully saturated rings. The number of carboxylic acid groups (broad SMARTS) is 1. The molecule has 5 N–H and O–H groups in total. The molecule has 0 aromatic rings. The summed E-state index contributed by atoms with van der Waals surface area (Å²) in [7, 11) is 4.31. The molecule has 0 aliphatic rings. The van der Waals surface area contributed by atoms with Gasteiger partial charge >= 0.3 is 0 Å². The molecule has 22 heavy (non-hydrogen) atoms. The molecule has 0 aliphatic carbocycles. The molecule has 0 atom stereocenters. The van der Waals surface area contributed by atoms with E-state index < -0.39 is 5.97 Å². The smallest absolute Gasteiger partial charge is 0.300 e. The highest BCUT2D eigenvalue weighted by Crippen LogP contribution is 1.72. The number of methoxy groups -OCH3 is 1. The van der Waals surface area contributed by atoms with Gasteiger partial charge in [0.05, 0.1) is 7.11 Å². The highest BCUT2D eigenvalue weighted by molar-refractivity contribution is 5.75. The molecule has 0 aliphatic heterocycles. The van der Waals surface area contributed by atoms with Gasteiger partial charge in [-0.3, -0.25) is 9.59 Å². The maximum atomic E-state index is 9.81. The molecular formula is C14H34N2O6. The van der Waals surface area contributed by atoms with E-state index in [1.54, 1.807) is 13.8 Å². The van der Waals surface area contributed by atoms with Gasteiger partial charge < -0.3 is 30.9 Å². The molecule has 0 saturated heterocycles. The summed E-state index contributed by atoms with van der Waals surface area (Å²) in [6, 6.07) is 0. The van der Waals surface area contributed by atoms with Crippen molar-refractivity contribution in [2.75, 3.05) is 21.2 Å². The Labute approximate surface area is 134 Å². The minimum atomic E-state index is -0.833. The molecule has 8 nitrogen and oxygen atoms in total. The summed E-state index contributed by atoms with van der Waals surface area (Å²) < 4.78 is 3.86. The SMILES string of the molecule is CC(=O)O.CCC(C)=O.CCC(C)=O.CN.CN.COC=O. The van der Waals surface area contributed by atoms with E-state index in [9.17, 15) is 9.59 Å². The molecule has 0 aromatic carbocycles. The predicted molar refractivity (Wildman–Crippen MR) is 88.5 cm³/mol. The molecule has 0 unspecified atom stereocenters. The minimum Gasteiger partial charge on any atom is -0.481 e. The maximum Gasteiger partial charge on any atom is 0.300 e. The first kappa shape index (κ1) is 36.9. The van der Waals surface area contributed by atoms with Crippen molar-refractivity contribution in [1.29, 1.82) is 0 Å². The third kappa shape index (κ3) is 526. The summed E-state index contributed by atoms with van der Waals surface area (Å²) in [5.41, 5.74) is 9.00. The van der Waals surface area contributed by atoms with Crippen LogP contribution in [0.4, 0.5) is 0 Å². The number of carbonyl (C=O) groups is 4. The zero-order chi connectivity index (χ0) is 19.6. The number of ketones is 2. The fourth-order valence-electron chi connectivity index (χ4n) is 0. The molecule has 0 aromatic heterocycles. The van der Waals surface area contributed by atoms with Crippen molar-refractivity contribution in [3.8, 4) is 0 Å². The topological polar surface area (TPSA) is 150 Å². The Morgan fingerprint density at radius 3 is 1.00 bits per heavy atom. The Morgan fingerprint density at radius 1 is 0.909 bits per heavy atom. The quantitative estimate of drug-likeness (QED) is 0.650. The van der Waals surface area contributed by atoms with Crippen LogP contribution >= 0.6 is 0 Å². The summed E-state index contributed by atoms with van der Waals surface area (Å²) in [4.78, 5) is 37.6. The van der Waals surface area contributed by atoms with Gasteiger partial charge in [-0.2, -0.15) is 0 Å². The van der Waals surface area contributed by atoms with Crippen LogP contribution in [0.5, 0.6) is 0 Å². The van der Waals surface area contributed by atoms with Gasteiger partial charge in [0.15, 0.2) is 0 Å². The molecule has 0 heterocycles. The normalized spacial score (nSPS) is 6.09. The van der Waals surface area contributed by atoms with Crippen LogP contribution in [0.2, 0.25) is 0 Å². The Bertz CT molecular complexity index is 215. The summed E-state index contributed by atoms with van der Waals surface area (Å²) in [6.45, 7) is 8.32. The standard InChI is InChI=1S/2C4H8O.2C2H4O2.2CH5N/c2*1-3-4(2)5;1-4-2-3;1-2(3)4;2*1-2/h2*3H2,1-2H3;2H,1H3;1H3,(H,3,4);2*2H2,1H3. The Kier molecular flexibility index (Phi) is 85.1. The van der Waals surface area contributed by atoms with Crippen LogP contribution in [-0.4, -0.2) is 50.3 Å². The number of carbonyl (C=O) groups excluding carboxylic acids is 3. The van der Waals surface area contributed by atoms with Crippen LogP contribution < -0.4 is 11.5 Å². The van der Waals surface area contributed by atoms with Gasteiger partial charge in [0.1, 0.15) is 11.6 Å². The van der Waals surface area contributed by atoms with Gasteiger partial charge in [-0.25, -0.2) is 0 Å². The van der Waals surface area contributed by atoms with Crippen molar-refractivity contribution in [3.05, 3.63) is 0 Å². The number of ether oxygens (including phenoxy) is 1. The fraction of sp³-hybridized carbons (Fsp3) is 0.714. The second-order valence-electron chi connectivity index (χ2n) is 2.96. The van der Waals surface area contributed by atoms with Crippen LogP contribution in [0.15, 0.2) is 0 Å². The molecule has 0 bridgehead atoms. The van der Waals surface area contributed by atoms with Crippen molar-refractivity contribution in [1.82, 2.24) is 0 Å². The van der Waals surface area contributed by atoms with Gasteiger partial charge in [0, 0.05) is 19.8 Å². The first-order chi connectivity index (χ1) is 10.2. The molecular weight excluding hydrogens is 292 g/mol. The summed E-state index contributed by atoms with van der Waals surface area (Å²) in [5.74, 6) is -0.324. The number of hydrogen-bond donors (Lipinski definition) is 3. The number of aliphatic carboxylic acids is 1. The summed E-state index contributed by atoms with van der Waals surface area (Å²) in [5, 5.41) is 7.42. The van der Waals surface area contributed by atoms with Gasteiger partial charge in [-0.1, -0.05) is 13.8 Å². The lowest BCUT2D eigenvalue weighted by Crippen LogP contribution is -1.80. The number of Topliss-reactive ketones (excluding diaryl/α,β-unsaturated/α-hetero) is 2. The van der Waals surface area contributed by atoms with Crippen molar-refractivity contribution in [2.45, 2.75) is 47.5 Å². The molecule has 8 heteroatoms. The van der Waals surface area contributed by atoms with Gasteiger partial charge in [-0.05, 0) is 27.9 Å². The number of rotatable bonds is 3. The van der Waals surface area contributed by atoms with Crippen molar-refractivity contribution >= 4 is 24.0 Å². The van der Waals surface area contributed by atoms with Crippen LogP contribution in [0.3, 0.4) is 0 Å². The lowest BCUT2D eigenvalue weighted by Gasteiger charge is -1.71. The number of hydrogen-bond acceptors (Lipinski definition) is 7. The second kappa shape index (κ2) is 50.7. The number of nitrogens with two attached hydrogens (primary N) is 2. The van der Waals surface area contributed by atoms with Crippen molar-refractivity contribution < 1.29 is 29.0 Å². The monoisotopic (exact) mass is 326 g/mol. The third-order valence-electron chi connectivity index (χ3n) is 1.09. The predicted octanol–water partition coefficient (Wildman–Crippen LogP) is 1.00. The molecule has 0 spiro atoms. The average Bonchev–Trinajstić information content (AvgIpc) is 2.51. The Balaban J connectivity index is -0.0000000362. The van der Waals surface area contributed by atoms with Crippen molar-refractivity contribution in [2.24, 2.45) is 11.5 Å². The number of carboxylic acids is 1.